The summed E-state index contributed by atoms with van der Waals surface area (Å²) >= 11 is 1.70. The normalized spacial score (nSPS) is 10.2. The van der Waals surface area contributed by atoms with Gasteiger partial charge in [-0.05, 0) is 6.42 Å². The van der Waals surface area contributed by atoms with Gasteiger partial charge in [0.25, 0.3) is 0 Å². The van der Waals surface area contributed by atoms with Crippen LogP contribution >= 0.6 is 11.3 Å². The average Bonchev–Trinajstić information content (AvgIpc) is 2.84. The standard InChI is InChI=1S/C11H14N4OS/c1-3-8-6-13-10(17-8)7-14-11-12-5-4-9(15-11)16-2/h4-6H,3,7H2,1-2H3,(H,12,14,15). The summed E-state index contributed by atoms with van der Waals surface area (Å²) in [6.45, 7) is 2.76. The number of methoxy groups -OCH3 is 1. The fourth-order valence-corrected chi connectivity index (χ4v) is 2.09. The molecule has 2 aromatic rings. The molecule has 0 saturated heterocycles. The summed E-state index contributed by atoms with van der Waals surface area (Å²) in [7, 11) is 1.58. The molecule has 5 nitrogen and oxygen atoms in total. The van der Waals surface area contributed by atoms with Gasteiger partial charge < -0.3 is 10.1 Å². The van der Waals surface area contributed by atoms with Crippen LogP contribution < -0.4 is 10.1 Å². The molecule has 0 amide bonds. The van der Waals surface area contributed by atoms with Crippen LogP contribution in [0.1, 0.15) is 16.8 Å². The Bertz CT molecular complexity index is 486. The highest BCUT2D eigenvalue weighted by molar-refractivity contribution is 7.11. The Kier molecular flexibility index (Phi) is 3.87. The molecule has 0 atom stereocenters. The van der Waals surface area contributed by atoms with E-state index in [4.69, 9.17) is 4.74 Å². The van der Waals surface area contributed by atoms with Gasteiger partial charge in [0.05, 0.1) is 13.7 Å². The number of rotatable bonds is 5. The van der Waals surface area contributed by atoms with Crippen molar-refractivity contribution >= 4 is 17.3 Å². The summed E-state index contributed by atoms with van der Waals surface area (Å²) in [6.07, 6.45) is 4.59. The SMILES string of the molecule is CCc1cnc(CNc2nccc(OC)n2)s1. The zero-order valence-electron chi connectivity index (χ0n) is 9.80. The predicted octanol–water partition coefficient (Wildman–Crippen LogP) is 2.12. The molecule has 0 radical (unpaired) electrons. The second-order valence-electron chi connectivity index (χ2n) is 3.35. The fourth-order valence-electron chi connectivity index (χ4n) is 1.29. The van der Waals surface area contributed by atoms with Crippen molar-refractivity contribution in [1.29, 1.82) is 0 Å². The number of aryl methyl sites for hydroxylation is 1. The number of nitrogens with one attached hydrogen (secondary N) is 1. The van der Waals surface area contributed by atoms with E-state index in [1.54, 1.807) is 30.7 Å². The second kappa shape index (κ2) is 5.58. The molecule has 0 bridgehead atoms. The van der Waals surface area contributed by atoms with E-state index in [1.165, 1.54) is 4.88 Å². The number of hydrogen-bond acceptors (Lipinski definition) is 6. The minimum absolute atomic E-state index is 0.552. The largest absolute Gasteiger partial charge is 0.481 e. The lowest BCUT2D eigenvalue weighted by Crippen LogP contribution is -2.03. The highest BCUT2D eigenvalue weighted by Gasteiger charge is 2.02. The van der Waals surface area contributed by atoms with Gasteiger partial charge in [-0.15, -0.1) is 11.3 Å². The molecule has 90 valence electrons. The molecule has 2 rings (SSSR count). The summed E-state index contributed by atoms with van der Waals surface area (Å²) in [5.74, 6) is 1.11. The quantitative estimate of drug-likeness (QED) is 0.880. The molecule has 0 aromatic carbocycles. The van der Waals surface area contributed by atoms with Crippen LogP contribution in [-0.2, 0) is 13.0 Å². The van der Waals surface area contributed by atoms with Crippen LogP contribution in [0.4, 0.5) is 5.95 Å². The van der Waals surface area contributed by atoms with E-state index in [0.29, 0.717) is 18.4 Å². The number of aromatic nitrogens is 3. The highest BCUT2D eigenvalue weighted by atomic mass is 32.1. The summed E-state index contributed by atoms with van der Waals surface area (Å²) in [4.78, 5) is 13.9. The lowest BCUT2D eigenvalue weighted by atomic mass is 10.4. The van der Waals surface area contributed by atoms with Crippen LogP contribution in [0.25, 0.3) is 0 Å². The van der Waals surface area contributed by atoms with Crippen molar-refractivity contribution in [3.63, 3.8) is 0 Å². The molecular weight excluding hydrogens is 236 g/mol. The Balaban J connectivity index is 1.96. The number of ether oxygens (including phenoxy) is 1. The van der Waals surface area contributed by atoms with Gasteiger partial charge in [0.1, 0.15) is 5.01 Å². The van der Waals surface area contributed by atoms with E-state index in [0.717, 1.165) is 11.4 Å². The number of hydrogen-bond donors (Lipinski definition) is 1. The molecular formula is C11H14N4OS. The van der Waals surface area contributed by atoms with Crippen LogP contribution in [-0.4, -0.2) is 22.1 Å². The summed E-state index contributed by atoms with van der Waals surface area (Å²) < 4.78 is 5.02. The topological polar surface area (TPSA) is 59.9 Å². The van der Waals surface area contributed by atoms with Crippen LogP contribution in [0, 0.1) is 0 Å². The molecule has 6 heteroatoms. The highest BCUT2D eigenvalue weighted by Crippen LogP contribution is 2.14. The van der Waals surface area contributed by atoms with Gasteiger partial charge in [0.15, 0.2) is 0 Å². The Morgan fingerprint density at radius 3 is 3.00 bits per heavy atom. The van der Waals surface area contributed by atoms with Crippen molar-refractivity contribution in [2.45, 2.75) is 19.9 Å². The van der Waals surface area contributed by atoms with Gasteiger partial charge in [-0.25, -0.2) is 9.97 Å². The predicted molar refractivity (Wildman–Crippen MR) is 67.4 cm³/mol. The molecule has 0 aliphatic heterocycles. The molecule has 0 saturated carbocycles. The van der Waals surface area contributed by atoms with Gasteiger partial charge >= 0.3 is 0 Å². The van der Waals surface area contributed by atoms with Crippen molar-refractivity contribution in [2.24, 2.45) is 0 Å². The summed E-state index contributed by atoms with van der Waals surface area (Å²) in [5.41, 5.74) is 0. The van der Waals surface area contributed by atoms with Gasteiger partial charge in [0, 0.05) is 23.3 Å². The Morgan fingerprint density at radius 2 is 2.29 bits per heavy atom. The van der Waals surface area contributed by atoms with Crippen molar-refractivity contribution in [3.05, 3.63) is 28.3 Å². The Morgan fingerprint density at radius 1 is 1.41 bits per heavy atom. The number of thiazole rings is 1. The Labute approximate surface area is 104 Å². The van der Waals surface area contributed by atoms with Crippen LogP contribution in [0.15, 0.2) is 18.5 Å². The zero-order valence-corrected chi connectivity index (χ0v) is 10.6. The minimum Gasteiger partial charge on any atom is -0.481 e. The lowest BCUT2D eigenvalue weighted by Gasteiger charge is -2.03. The third-order valence-corrected chi connectivity index (χ3v) is 3.33. The molecule has 2 heterocycles. The molecule has 2 aromatic heterocycles. The van der Waals surface area contributed by atoms with E-state index >= 15 is 0 Å². The smallest absolute Gasteiger partial charge is 0.226 e. The van der Waals surface area contributed by atoms with Crippen LogP contribution in [0.2, 0.25) is 0 Å². The van der Waals surface area contributed by atoms with Gasteiger partial charge in [-0.3, -0.25) is 0 Å². The first-order chi connectivity index (χ1) is 8.31. The maximum Gasteiger partial charge on any atom is 0.226 e. The molecule has 0 unspecified atom stereocenters. The third-order valence-electron chi connectivity index (χ3n) is 2.19. The van der Waals surface area contributed by atoms with Crippen LogP contribution in [0.5, 0.6) is 5.88 Å². The molecule has 0 fully saturated rings. The molecule has 0 spiro atoms. The van der Waals surface area contributed by atoms with E-state index in [2.05, 4.69) is 27.2 Å². The number of nitrogens with zero attached hydrogens (tertiary/aromatic N) is 3. The van der Waals surface area contributed by atoms with Gasteiger partial charge in [-0.1, -0.05) is 6.92 Å². The first-order valence-electron chi connectivity index (χ1n) is 5.36. The van der Waals surface area contributed by atoms with E-state index in [9.17, 15) is 0 Å². The minimum atomic E-state index is 0.552. The first kappa shape index (κ1) is 11.8. The van der Waals surface area contributed by atoms with E-state index in [-0.39, 0.29) is 0 Å². The monoisotopic (exact) mass is 250 g/mol. The van der Waals surface area contributed by atoms with Gasteiger partial charge in [0.2, 0.25) is 11.8 Å². The lowest BCUT2D eigenvalue weighted by molar-refractivity contribution is 0.397. The molecule has 1 N–H and O–H groups in total. The average molecular weight is 250 g/mol. The second-order valence-corrected chi connectivity index (χ2v) is 4.55. The third kappa shape index (κ3) is 3.13. The maximum atomic E-state index is 5.02. The number of anilines is 1. The van der Waals surface area contributed by atoms with Crippen molar-refractivity contribution in [2.75, 3.05) is 12.4 Å². The molecule has 0 aliphatic rings. The maximum absolute atomic E-state index is 5.02. The fraction of sp³-hybridized carbons (Fsp3) is 0.364. The zero-order chi connectivity index (χ0) is 12.1. The first-order valence-corrected chi connectivity index (χ1v) is 6.18. The van der Waals surface area contributed by atoms with E-state index < -0.39 is 0 Å². The molecule has 0 aliphatic carbocycles. The van der Waals surface area contributed by atoms with Crippen molar-refractivity contribution < 1.29 is 4.74 Å². The van der Waals surface area contributed by atoms with E-state index in [1.807, 2.05) is 6.20 Å². The van der Waals surface area contributed by atoms with Crippen LogP contribution in [0.3, 0.4) is 0 Å². The molecule has 17 heavy (non-hydrogen) atoms. The Hall–Kier alpha value is -1.69. The van der Waals surface area contributed by atoms with Crippen molar-refractivity contribution in [3.8, 4) is 5.88 Å². The summed E-state index contributed by atoms with van der Waals surface area (Å²) in [6, 6.07) is 1.71. The van der Waals surface area contributed by atoms with Crippen molar-refractivity contribution in [1.82, 2.24) is 15.0 Å². The summed E-state index contributed by atoms with van der Waals surface area (Å²) in [5, 5.41) is 4.15. The van der Waals surface area contributed by atoms with Gasteiger partial charge in [-0.2, -0.15) is 4.98 Å².